The first-order valence-electron chi connectivity index (χ1n) is 10.8. The molecule has 1 aromatic carbocycles. The summed E-state index contributed by atoms with van der Waals surface area (Å²) in [5.74, 6) is 1.41. The van der Waals surface area contributed by atoms with Crippen molar-refractivity contribution in [1.82, 2.24) is 15.5 Å². The summed E-state index contributed by atoms with van der Waals surface area (Å²) in [5, 5.41) is 9.49. The third-order valence-electron chi connectivity index (χ3n) is 4.98. The summed E-state index contributed by atoms with van der Waals surface area (Å²) < 4.78 is 11.0. The SMILES string of the molecule is CN=C(NCc1ccc(NC(=O)c2ccco2)cc1)NCC1CN(CC(C)C)CCO1. The fourth-order valence-electron chi connectivity index (χ4n) is 3.51. The Bertz CT molecular complexity index is 833. The van der Waals surface area contributed by atoms with E-state index in [1.807, 2.05) is 24.3 Å². The molecule has 0 saturated carbocycles. The zero-order chi connectivity index (χ0) is 22.1. The third kappa shape index (κ3) is 7.41. The molecule has 8 heteroatoms. The third-order valence-corrected chi connectivity index (χ3v) is 4.98. The van der Waals surface area contributed by atoms with E-state index in [2.05, 4.69) is 39.7 Å². The summed E-state index contributed by atoms with van der Waals surface area (Å²) in [6, 6.07) is 11.0. The molecule has 1 aliphatic rings. The standard InChI is InChI=1S/C23H33N5O3/c1-17(2)15-28-10-12-30-20(16-28)14-26-23(24-3)25-13-18-6-8-19(9-7-18)27-22(29)21-5-4-11-31-21/h4-9,11,17,20H,10,12-16H2,1-3H3,(H,27,29)(H2,24,25,26). The number of anilines is 1. The molecule has 1 saturated heterocycles. The predicted molar refractivity (Wildman–Crippen MR) is 122 cm³/mol. The Morgan fingerprint density at radius 2 is 2.03 bits per heavy atom. The van der Waals surface area contributed by atoms with Gasteiger partial charge in [-0.15, -0.1) is 0 Å². The zero-order valence-corrected chi connectivity index (χ0v) is 18.6. The average molecular weight is 428 g/mol. The number of nitrogens with zero attached hydrogens (tertiary/aromatic N) is 2. The molecule has 3 rings (SSSR count). The monoisotopic (exact) mass is 427 g/mol. The summed E-state index contributed by atoms with van der Waals surface area (Å²) in [7, 11) is 1.76. The molecule has 168 valence electrons. The van der Waals surface area contributed by atoms with Gasteiger partial charge >= 0.3 is 0 Å². The molecule has 0 spiro atoms. The first-order chi connectivity index (χ1) is 15.0. The van der Waals surface area contributed by atoms with Gasteiger partial charge in [0.1, 0.15) is 0 Å². The Labute approximate surface area is 184 Å². The van der Waals surface area contributed by atoms with E-state index >= 15 is 0 Å². The minimum atomic E-state index is -0.266. The lowest BCUT2D eigenvalue weighted by Crippen LogP contribution is -2.50. The highest BCUT2D eigenvalue weighted by molar-refractivity contribution is 6.02. The minimum absolute atomic E-state index is 0.156. The van der Waals surface area contributed by atoms with Crippen LogP contribution in [0.3, 0.4) is 0 Å². The maximum Gasteiger partial charge on any atom is 0.291 e. The van der Waals surface area contributed by atoms with Gasteiger partial charge in [0, 0.05) is 45.5 Å². The van der Waals surface area contributed by atoms with Crippen LogP contribution in [0.25, 0.3) is 0 Å². The zero-order valence-electron chi connectivity index (χ0n) is 18.6. The van der Waals surface area contributed by atoms with Crippen molar-refractivity contribution in [3.05, 3.63) is 54.0 Å². The molecule has 3 N–H and O–H groups in total. The number of morpholine rings is 1. The maximum absolute atomic E-state index is 12.0. The van der Waals surface area contributed by atoms with Crippen LogP contribution in [0.2, 0.25) is 0 Å². The number of amides is 1. The molecule has 2 heterocycles. The van der Waals surface area contributed by atoms with E-state index in [4.69, 9.17) is 9.15 Å². The van der Waals surface area contributed by atoms with Crippen LogP contribution in [-0.4, -0.2) is 62.7 Å². The highest BCUT2D eigenvalue weighted by atomic mass is 16.5. The van der Waals surface area contributed by atoms with Crippen molar-refractivity contribution in [3.8, 4) is 0 Å². The molecule has 0 radical (unpaired) electrons. The molecule has 1 unspecified atom stereocenters. The fourth-order valence-corrected chi connectivity index (χ4v) is 3.51. The van der Waals surface area contributed by atoms with Crippen molar-refractivity contribution in [2.45, 2.75) is 26.5 Å². The highest BCUT2D eigenvalue weighted by Crippen LogP contribution is 2.12. The number of nitrogens with one attached hydrogen (secondary N) is 3. The first kappa shape index (κ1) is 22.8. The Hall–Kier alpha value is -2.84. The Morgan fingerprint density at radius 3 is 2.71 bits per heavy atom. The molecule has 1 atom stereocenters. The Kier molecular flexibility index (Phi) is 8.49. The van der Waals surface area contributed by atoms with E-state index in [0.29, 0.717) is 24.7 Å². The fraction of sp³-hybridized carbons (Fsp3) is 0.478. The minimum Gasteiger partial charge on any atom is -0.459 e. The Balaban J connectivity index is 1.41. The van der Waals surface area contributed by atoms with Gasteiger partial charge in [0.15, 0.2) is 11.7 Å². The van der Waals surface area contributed by atoms with Crippen molar-refractivity contribution in [1.29, 1.82) is 0 Å². The second-order valence-electron chi connectivity index (χ2n) is 8.08. The van der Waals surface area contributed by atoms with Crippen LogP contribution in [0.4, 0.5) is 5.69 Å². The number of carbonyl (C=O) groups is 1. The molecular weight excluding hydrogens is 394 g/mol. The Morgan fingerprint density at radius 1 is 1.23 bits per heavy atom. The number of hydrogen-bond donors (Lipinski definition) is 3. The molecular formula is C23H33N5O3. The molecule has 0 bridgehead atoms. The summed E-state index contributed by atoms with van der Waals surface area (Å²) in [6.45, 7) is 9.64. The lowest BCUT2D eigenvalue weighted by Gasteiger charge is -2.34. The van der Waals surface area contributed by atoms with Crippen LogP contribution in [0.5, 0.6) is 0 Å². The van der Waals surface area contributed by atoms with Gasteiger partial charge < -0.3 is 25.1 Å². The van der Waals surface area contributed by atoms with E-state index in [9.17, 15) is 4.79 Å². The summed E-state index contributed by atoms with van der Waals surface area (Å²) in [5.41, 5.74) is 1.80. The topological polar surface area (TPSA) is 91.1 Å². The van der Waals surface area contributed by atoms with Crippen LogP contribution in [0, 0.1) is 5.92 Å². The van der Waals surface area contributed by atoms with Crippen LogP contribution in [-0.2, 0) is 11.3 Å². The number of guanidine groups is 1. The van der Waals surface area contributed by atoms with Gasteiger partial charge in [-0.3, -0.25) is 14.7 Å². The van der Waals surface area contributed by atoms with Gasteiger partial charge in [-0.05, 0) is 35.7 Å². The van der Waals surface area contributed by atoms with Crippen molar-refractivity contribution in [3.63, 3.8) is 0 Å². The first-order valence-corrected chi connectivity index (χ1v) is 10.8. The molecule has 31 heavy (non-hydrogen) atoms. The summed E-state index contributed by atoms with van der Waals surface area (Å²) in [4.78, 5) is 18.8. The number of benzene rings is 1. The molecule has 1 aromatic heterocycles. The molecule has 1 fully saturated rings. The van der Waals surface area contributed by atoms with Crippen LogP contribution >= 0.6 is 0 Å². The van der Waals surface area contributed by atoms with E-state index in [1.165, 1.54) is 6.26 Å². The second kappa shape index (κ2) is 11.5. The largest absolute Gasteiger partial charge is 0.459 e. The normalized spacial score (nSPS) is 17.5. The summed E-state index contributed by atoms with van der Waals surface area (Å²) in [6.07, 6.45) is 1.63. The summed E-state index contributed by atoms with van der Waals surface area (Å²) >= 11 is 0. The molecule has 1 amide bonds. The number of furan rings is 1. The molecule has 1 aliphatic heterocycles. The van der Waals surface area contributed by atoms with E-state index in [1.54, 1.807) is 19.2 Å². The maximum atomic E-state index is 12.0. The van der Waals surface area contributed by atoms with Gasteiger partial charge in [-0.25, -0.2) is 0 Å². The number of aliphatic imine (C=N–C) groups is 1. The predicted octanol–water partition coefficient (Wildman–Crippen LogP) is 2.55. The quantitative estimate of drug-likeness (QED) is 0.443. The smallest absolute Gasteiger partial charge is 0.291 e. The highest BCUT2D eigenvalue weighted by Gasteiger charge is 2.21. The van der Waals surface area contributed by atoms with E-state index in [0.717, 1.165) is 37.8 Å². The van der Waals surface area contributed by atoms with E-state index < -0.39 is 0 Å². The lowest BCUT2D eigenvalue weighted by atomic mass is 10.2. The van der Waals surface area contributed by atoms with Gasteiger partial charge in [-0.2, -0.15) is 0 Å². The van der Waals surface area contributed by atoms with Gasteiger partial charge in [-0.1, -0.05) is 26.0 Å². The van der Waals surface area contributed by atoms with Gasteiger partial charge in [0.25, 0.3) is 5.91 Å². The van der Waals surface area contributed by atoms with Crippen molar-refractivity contribution in [2.75, 3.05) is 45.2 Å². The van der Waals surface area contributed by atoms with Crippen LogP contribution in [0.1, 0.15) is 30.0 Å². The van der Waals surface area contributed by atoms with Crippen molar-refractivity contribution < 1.29 is 13.9 Å². The van der Waals surface area contributed by atoms with Crippen molar-refractivity contribution >= 4 is 17.6 Å². The number of ether oxygens (including phenoxy) is 1. The molecule has 8 nitrogen and oxygen atoms in total. The molecule has 2 aromatic rings. The van der Waals surface area contributed by atoms with Gasteiger partial charge in [0.2, 0.25) is 0 Å². The van der Waals surface area contributed by atoms with Crippen molar-refractivity contribution in [2.24, 2.45) is 10.9 Å². The average Bonchev–Trinajstić information content (AvgIpc) is 3.30. The second-order valence-corrected chi connectivity index (χ2v) is 8.08. The van der Waals surface area contributed by atoms with Gasteiger partial charge in [0.05, 0.1) is 19.0 Å². The lowest BCUT2D eigenvalue weighted by molar-refractivity contribution is -0.0284. The number of carbonyl (C=O) groups excluding carboxylic acids is 1. The van der Waals surface area contributed by atoms with E-state index in [-0.39, 0.29) is 17.8 Å². The molecule has 0 aliphatic carbocycles. The van der Waals surface area contributed by atoms with Crippen LogP contribution in [0.15, 0.2) is 52.1 Å². The number of hydrogen-bond acceptors (Lipinski definition) is 5. The number of rotatable bonds is 8. The van der Waals surface area contributed by atoms with Crippen LogP contribution < -0.4 is 16.0 Å².